The van der Waals surface area contributed by atoms with Crippen LogP contribution in [0, 0.1) is 0 Å². The van der Waals surface area contributed by atoms with Crippen molar-refractivity contribution >= 4 is 23.5 Å². The molecule has 0 heterocycles. The molecule has 5 heteroatoms. The summed E-state index contributed by atoms with van der Waals surface area (Å²) in [5.41, 5.74) is 3.72. The zero-order valence-corrected chi connectivity index (χ0v) is 11.8. The molecule has 4 nitrogen and oxygen atoms in total. The number of hydrazone groups is 1. The number of hydrogen-bond acceptors (Lipinski definition) is 3. The van der Waals surface area contributed by atoms with Crippen molar-refractivity contribution in [1.29, 1.82) is 0 Å². The molecule has 0 unspecified atom stereocenters. The van der Waals surface area contributed by atoms with Crippen molar-refractivity contribution in [3.63, 3.8) is 0 Å². The first-order chi connectivity index (χ1) is 8.61. The molecule has 98 valence electrons. The molecule has 18 heavy (non-hydrogen) atoms. The van der Waals surface area contributed by atoms with Gasteiger partial charge in [0, 0.05) is 6.54 Å². The third kappa shape index (κ3) is 5.63. The molecule has 2 N–H and O–H groups in total. The van der Waals surface area contributed by atoms with E-state index in [9.17, 15) is 0 Å². The summed E-state index contributed by atoms with van der Waals surface area (Å²) >= 11 is 4.98. The fraction of sp³-hybridized carbons (Fsp3) is 0.385. The highest BCUT2D eigenvalue weighted by Crippen LogP contribution is 2.12. The maximum atomic E-state index is 5.55. The van der Waals surface area contributed by atoms with Crippen LogP contribution < -0.4 is 15.5 Å². The van der Waals surface area contributed by atoms with E-state index in [2.05, 4.69) is 15.8 Å². The lowest BCUT2D eigenvalue weighted by atomic mass is 10.2. The van der Waals surface area contributed by atoms with Gasteiger partial charge in [0.15, 0.2) is 5.11 Å². The number of ether oxygens (including phenoxy) is 1. The lowest BCUT2D eigenvalue weighted by Gasteiger charge is -2.09. The van der Waals surface area contributed by atoms with Crippen molar-refractivity contribution in [3.05, 3.63) is 29.8 Å². The average molecular weight is 265 g/mol. The van der Waals surface area contributed by atoms with Crippen molar-refractivity contribution in [1.82, 2.24) is 10.7 Å². The van der Waals surface area contributed by atoms with Crippen LogP contribution in [-0.2, 0) is 0 Å². The molecule has 0 saturated heterocycles. The maximum Gasteiger partial charge on any atom is 0.186 e. The van der Waals surface area contributed by atoms with Gasteiger partial charge >= 0.3 is 0 Å². The molecule has 1 aromatic carbocycles. The fourth-order valence-electron chi connectivity index (χ4n) is 1.27. The first-order valence-corrected chi connectivity index (χ1v) is 6.36. The van der Waals surface area contributed by atoms with E-state index in [1.54, 1.807) is 6.21 Å². The van der Waals surface area contributed by atoms with Crippen LogP contribution in [0.2, 0.25) is 0 Å². The Hall–Kier alpha value is -1.62. The minimum absolute atomic E-state index is 0.184. The number of nitrogens with one attached hydrogen (secondary N) is 2. The summed E-state index contributed by atoms with van der Waals surface area (Å²) in [4.78, 5) is 0. The summed E-state index contributed by atoms with van der Waals surface area (Å²) in [6, 6.07) is 7.73. The molecule has 0 saturated carbocycles. The molecular weight excluding hydrogens is 246 g/mol. The van der Waals surface area contributed by atoms with Gasteiger partial charge in [-0.1, -0.05) is 0 Å². The van der Waals surface area contributed by atoms with Crippen LogP contribution in [0.3, 0.4) is 0 Å². The van der Waals surface area contributed by atoms with Crippen molar-refractivity contribution in [2.24, 2.45) is 5.10 Å². The van der Waals surface area contributed by atoms with Crippen LogP contribution in [0.1, 0.15) is 26.3 Å². The van der Waals surface area contributed by atoms with Gasteiger partial charge in [0.25, 0.3) is 0 Å². The Morgan fingerprint density at radius 2 is 2.06 bits per heavy atom. The smallest absolute Gasteiger partial charge is 0.186 e. The molecule has 1 aromatic rings. The first kappa shape index (κ1) is 14.4. The van der Waals surface area contributed by atoms with Crippen LogP contribution >= 0.6 is 12.2 Å². The molecule has 0 aromatic heterocycles. The second-order valence-electron chi connectivity index (χ2n) is 3.97. The molecule has 0 aliphatic carbocycles. The Morgan fingerprint density at radius 1 is 1.39 bits per heavy atom. The molecule has 0 radical (unpaired) electrons. The van der Waals surface area contributed by atoms with Crippen molar-refractivity contribution in [2.45, 2.75) is 26.9 Å². The van der Waals surface area contributed by atoms with Gasteiger partial charge in [-0.15, -0.1) is 0 Å². The summed E-state index contributed by atoms with van der Waals surface area (Å²) < 4.78 is 5.55. The van der Waals surface area contributed by atoms with Gasteiger partial charge in [-0.2, -0.15) is 5.10 Å². The van der Waals surface area contributed by atoms with E-state index in [4.69, 9.17) is 17.0 Å². The van der Waals surface area contributed by atoms with Gasteiger partial charge in [0.1, 0.15) is 5.75 Å². The average Bonchev–Trinajstić information content (AvgIpc) is 2.31. The third-order valence-corrected chi connectivity index (χ3v) is 2.20. The summed E-state index contributed by atoms with van der Waals surface area (Å²) in [7, 11) is 0. The van der Waals surface area contributed by atoms with Crippen molar-refractivity contribution in [2.75, 3.05) is 6.54 Å². The maximum absolute atomic E-state index is 5.55. The van der Waals surface area contributed by atoms with E-state index < -0.39 is 0 Å². The van der Waals surface area contributed by atoms with Crippen molar-refractivity contribution in [3.8, 4) is 5.75 Å². The first-order valence-electron chi connectivity index (χ1n) is 5.95. The largest absolute Gasteiger partial charge is 0.491 e. The Bertz CT molecular complexity index is 401. The van der Waals surface area contributed by atoms with E-state index in [1.807, 2.05) is 45.0 Å². The molecule has 0 bridgehead atoms. The van der Waals surface area contributed by atoms with Gasteiger partial charge in [0.2, 0.25) is 0 Å². The molecule has 0 amide bonds. The van der Waals surface area contributed by atoms with Crippen LogP contribution in [-0.4, -0.2) is 24.0 Å². The van der Waals surface area contributed by atoms with Crippen molar-refractivity contribution < 1.29 is 4.74 Å². The summed E-state index contributed by atoms with van der Waals surface area (Å²) in [6.45, 7) is 6.76. The molecule has 1 rings (SSSR count). The summed E-state index contributed by atoms with van der Waals surface area (Å²) in [5.74, 6) is 0.860. The monoisotopic (exact) mass is 265 g/mol. The highest BCUT2D eigenvalue weighted by Gasteiger charge is 1.96. The Balaban J connectivity index is 2.48. The normalized spacial score (nSPS) is 10.7. The Morgan fingerprint density at radius 3 is 2.61 bits per heavy atom. The minimum Gasteiger partial charge on any atom is -0.491 e. The van der Waals surface area contributed by atoms with E-state index in [0.717, 1.165) is 17.9 Å². The predicted molar refractivity (Wildman–Crippen MR) is 79.2 cm³/mol. The van der Waals surface area contributed by atoms with Crippen LogP contribution in [0.4, 0.5) is 0 Å². The summed E-state index contributed by atoms with van der Waals surface area (Å²) in [6.07, 6.45) is 1.90. The number of rotatable bonds is 5. The van der Waals surface area contributed by atoms with Crippen LogP contribution in [0.25, 0.3) is 0 Å². The second kappa shape index (κ2) is 7.66. The number of nitrogens with zero attached hydrogens (tertiary/aromatic N) is 1. The zero-order chi connectivity index (χ0) is 13.4. The van der Waals surface area contributed by atoms with Crippen LogP contribution in [0.5, 0.6) is 5.75 Å². The van der Waals surface area contributed by atoms with Gasteiger partial charge in [-0.3, -0.25) is 5.43 Å². The van der Waals surface area contributed by atoms with E-state index in [-0.39, 0.29) is 6.10 Å². The van der Waals surface area contributed by atoms with Gasteiger partial charge in [0.05, 0.1) is 12.3 Å². The quantitative estimate of drug-likeness (QED) is 0.487. The molecular formula is C13H19N3OS. The van der Waals surface area contributed by atoms with E-state index in [0.29, 0.717) is 5.11 Å². The van der Waals surface area contributed by atoms with Gasteiger partial charge in [-0.05, 0) is 62.8 Å². The standard InChI is InChI=1S/C13H19N3OS/c1-4-14-13(18)16-15-9-11-5-7-12(8-6-11)17-10(2)3/h5-10H,4H2,1-3H3,(H2,14,16,18). The number of hydrogen-bond donors (Lipinski definition) is 2. The lowest BCUT2D eigenvalue weighted by molar-refractivity contribution is 0.242. The van der Waals surface area contributed by atoms with E-state index in [1.165, 1.54) is 0 Å². The lowest BCUT2D eigenvalue weighted by Crippen LogP contribution is -2.31. The fourth-order valence-corrected chi connectivity index (χ4v) is 1.47. The highest BCUT2D eigenvalue weighted by atomic mass is 32.1. The highest BCUT2D eigenvalue weighted by molar-refractivity contribution is 7.80. The van der Waals surface area contributed by atoms with Gasteiger partial charge in [-0.25, -0.2) is 0 Å². The van der Waals surface area contributed by atoms with Gasteiger partial charge < -0.3 is 10.1 Å². The SMILES string of the molecule is CCNC(=S)NN=Cc1ccc(OC(C)C)cc1. The van der Waals surface area contributed by atoms with E-state index >= 15 is 0 Å². The zero-order valence-electron chi connectivity index (χ0n) is 10.9. The minimum atomic E-state index is 0.184. The summed E-state index contributed by atoms with van der Waals surface area (Å²) in [5, 5.41) is 7.50. The predicted octanol–water partition coefficient (Wildman–Crippen LogP) is 2.29. The third-order valence-electron chi connectivity index (χ3n) is 1.97. The molecule has 0 atom stereocenters. The number of benzene rings is 1. The Kier molecular flexibility index (Phi) is 6.14. The van der Waals surface area contributed by atoms with Crippen LogP contribution in [0.15, 0.2) is 29.4 Å². The second-order valence-corrected chi connectivity index (χ2v) is 4.37. The molecule has 0 aliphatic rings. The number of thiocarbonyl (C=S) groups is 1. The molecule has 0 fully saturated rings. The Labute approximate surface area is 113 Å². The molecule has 0 spiro atoms. The topological polar surface area (TPSA) is 45.7 Å². The molecule has 0 aliphatic heterocycles.